The van der Waals surface area contributed by atoms with E-state index in [1.54, 1.807) is 12.1 Å². The molecule has 0 bridgehead atoms. The lowest BCUT2D eigenvalue weighted by Crippen LogP contribution is -2.35. The van der Waals surface area contributed by atoms with Crippen LogP contribution in [0.1, 0.15) is 19.8 Å². The molecule has 0 radical (unpaired) electrons. The van der Waals surface area contributed by atoms with Crippen molar-refractivity contribution in [2.45, 2.75) is 19.8 Å². The summed E-state index contributed by atoms with van der Waals surface area (Å²) < 4.78 is 0. The number of nitroso groups, excluding NO2 is 1. The van der Waals surface area contributed by atoms with Crippen molar-refractivity contribution in [3.05, 3.63) is 40.8 Å². The summed E-state index contributed by atoms with van der Waals surface area (Å²) >= 11 is 0. The van der Waals surface area contributed by atoms with E-state index in [1.165, 1.54) is 12.1 Å². The van der Waals surface area contributed by atoms with Gasteiger partial charge in [-0.15, -0.1) is 4.91 Å². The number of carbonyl (C=O) groups is 2. The number of hydrogen-bond acceptors (Lipinski definition) is 4. The van der Waals surface area contributed by atoms with Gasteiger partial charge in [0.25, 0.3) is 0 Å². The van der Waals surface area contributed by atoms with E-state index in [0.29, 0.717) is 18.5 Å². The number of benzene rings is 1. The molecular formula is C15H16N2O4. The van der Waals surface area contributed by atoms with Gasteiger partial charge in [0, 0.05) is 5.69 Å². The molecule has 2 N–H and O–H groups in total. The number of anilines is 1. The van der Waals surface area contributed by atoms with Crippen LogP contribution in [0.15, 0.2) is 41.1 Å². The Labute approximate surface area is 121 Å². The smallest absolute Gasteiger partial charge is 0.307 e. The zero-order valence-corrected chi connectivity index (χ0v) is 11.6. The summed E-state index contributed by atoms with van der Waals surface area (Å²) in [5, 5.41) is 14.7. The van der Waals surface area contributed by atoms with E-state index in [1.807, 2.05) is 13.0 Å². The third-order valence-electron chi connectivity index (χ3n) is 3.64. The maximum Gasteiger partial charge on any atom is 0.307 e. The van der Waals surface area contributed by atoms with Crippen molar-refractivity contribution in [2.24, 2.45) is 17.0 Å². The summed E-state index contributed by atoms with van der Waals surface area (Å²) in [5.74, 6) is -2.57. The van der Waals surface area contributed by atoms with E-state index < -0.39 is 17.8 Å². The normalized spacial score (nSPS) is 21.3. The summed E-state index contributed by atoms with van der Waals surface area (Å²) in [6.07, 6.45) is 2.68. The molecule has 0 spiro atoms. The van der Waals surface area contributed by atoms with Gasteiger partial charge in [0.15, 0.2) is 0 Å². The van der Waals surface area contributed by atoms with Gasteiger partial charge < -0.3 is 10.4 Å². The number of hydrogen-bond donors (Lipinski definition) is 2. The van der Waals surface area contributed by atoms with Gasteiger partial charge in [-0.3, -0.25) is 9.59 Å². The quantitative estimate of drug-likeness (QED) is 0.657. The van der Waals surface area contributed by atoms with Crippen LogP contribution in [0.5, 0.6) is 0 Å². The second kappa shape index (κ2) is 6.30. The Kier molecular flexibility index (Phi) is 4.47. The molecule has 2 atom stereocenters. The SMILES string of the molecule is CC1=CCC(C(=O)O)C(C(=O)Nc2ccc(N=O)cc2)C1. The summed E-state index contributed by atoms with van der Waals surface area (Å²) in [7, 11) is 0. The molecular weight excluding hydrogens is 272 g/mol. The first-order valence-corrected chi connectivity index (χ1v) is 6.64. The molecule has 1 aliphatic rings. The van der Waals surface area contributed by atoms with Crippen LogP contribution in [0.4, 0.5) is 11.4 Å². The lowest BCUT2D eigenvalue weighted by molar-refractivity contribution is -0.146. The second-order valence-electron chi connectivity index (χ2n) is 5.17. The number of nitrogens with zero attached hydrogens (tertiary/aromatic N) is 1. The Bertz CT molecular complexity index is 592. The first kappa shape index (κ1) is 14.9. The van der Waals surface area contributed by atoms with Crippen molar-refractivity contribution < 1.29 is 14.7 Å². The summed E-state index contributed by atoms with van der Waals surface area (Å²) in [6.45, 7) is 1.89. The summed E-state index contributed by atoms with van der Waals surface area (Å²) in [4.78, 5) is 33.9. The summed E-state index contributed by atoms with van der Waals surface area (Å²) in [6, 6.07) is 6.11. The molecule has 1 aliphatic carbocycles. The first-order valence-electron chi connectivity index (χ1n) is 6.64. The van der Waals surface area contributed by atoms with Gasteiger partial charge >= 0.3 is 5.97 Å². The minimum Gasteiger partial charge on any atom is -0.481 e. The van der Waals surface area contributed by atoms with E-state index in [0.717, 1.165) is 5.57 Å². The molecule has 0 saturated carbocycles. The first-order chi connectivity index (χ1) is 10.0. The monoisotopic (exact) mass is 288 g/mol. The fourth-order valence-electron chi connectivity index (χ4n) is 2.45. The van der Waals surface area contributed by atoms with Gasteiger partial charge in [-0.25, -0.2) is 0 Å². The van der Waals surface area contributed by atoms with Crippen LogP contribution in [0, 0.1) is 16.7 Å². The molecule has 21 heavy (non-hydrogen) atoms. The highest BCUT2D eigenvalue weighted by atomic mass is 16.4. The van der Waals surface area contributed by atoms with E-state index in [4.69, 9.17) is 0 Å². The zero-order chi connectivity index (χ0) is 15.4. The molecule has 0 saturated heterocycles. The van der Waals surface area contributed by atoms with Crippen LogP contribution in [0.2, 0.25) is 0 Å². The molecule has 0 heterocycles. The van der Waals surface area contributed by atoms with Gasteiger partial charge in [0.2, 0.25) is 5.91 Å². The molecule has 6 heteroatoms. The average Bonchev–Trinajstić information content (AvgIpc) is 2.47. The molecule has 2 rings (SSSR count). The average molecular weight is 288 g/mol. The largest absolute Gasteiger partial charge is 0.481 e. The van der Waals surface area contributed by atoms with Gasteiger partial charge in [0.1, 0.15) is 5.69 Å². The molecule has 0 aromatic heterocycles. The Morgan fingerprint density at radius 1 is 1.24 bits per heavy atom. The maximum atomic E-state index is 12.3. The Morgan fingerprint density at radius 2 is 1.90 bits per heavy atom. The highest BCUT2D eigenvalue weighted by molar-refractivity contribution is 5.95. The number of aliphatic carboxylic acids is 1. The second-order valence-corrected chi connectivity index (χ2v) is 5.17. The predicted molar refractivity (Wildman–Crippen MR) is 78.1 cm³/mol. The molecule has 1 aromatic carbocycles. The molecule has 2 unspecified atom stereocenters. The van der Waals surface area contributed by atoms with Gasteiger partial charge in [-0.2, -0.15) is 0 Å². The standard InChI is InChI=1S/C15H16N2O4/c1-9-2-7-12(15(19)20)13(8-9)14(18)16-10-3-5-11(17-21)6-4-10/h2-6,12-13H,7-8H2,1H3,(H,16,18)(H,19,20). The van der Waals surface area contributed by atoms with Gasteiger partial charge in [-0.1, -0.05) is 11.6 Å². The number of rotatable bonds is 4. The van der Waals surface area contributed by atoms with Crippen LogP contribution in [0.3, 0.4) is 0 Å². The molecule has 0 fully saturated rings. The van der Waals surface area contributed by atoms with Gasteiger partial charge in [-0.05, 0) is 49.2 Å². The van der Waals surface area contributed by atoms with Crippen LogP contribution in [0.25, 0.3) is 0 Å². The molecule has 110 valence electrons. The molecule has 1 amide bonds. The molecule has 6 nitrogen and oxygen atoms in total. The van der Waals surface area contributed by atoms with Crippen LogP contribution < -0.4 is 5.32 Å². The van der Waals surface area contributed by atoms with Crippen molar-refractivity contribution in [1.29, 1.82) is 0 Å². The van der Waals surface area contributed by atoms with Crippen molar-refractivity contribution in [2.75, 3.05) is 5.32 Å². The van der Waals surface area contributed by atoms with Crippen LogP contribution in [-0.4, -0.2) is 17.0 Å². The Balaban J connectivity index is 2.11. The van der Waals surface area contributed by atoms with Crippen LogP contribution in [-0.2, 0) is 9.59 Å². The lowest BCUT2D eigenvalue weighted by atomic mass is 9.79. The van der Waals surface area contributed by atoms with E-state index in [9.17, 15) is 19.6 Å². The van der Waals surface area contributed by atoms with E-state index >= 15 is 0 Å². The number of allylic oxidation sites excluding steroid dienone is 2. The third-order valence-corrected chi connectivity index (χ3v) is 3.64. The minimum atomic E-state index is -0.959. The Morgan fingerprint density at radius 3 is 2.48 bits per heavy atom. The number of carboxylic acids is 1. The topological polar surface area (TPSA) is 95.8 Å². The zero-order valence-electron chi connectivity index (χ0n) is 11.6. The molecule has 1 aromatic rings. The fourth-order valence-corrected chi connectivity index (χ4v) is 2.45. The highest BCUT2D eigenvalue weighted by Crippen LogP contribution is 2.31. The highest BCUT2D eigenvalue weighted by Gasteiger charge is 2.35. The minimum absolute atomic E-state index is 0.271. The third kappa shape index (κ3) is 3.53. The number of nitrogens with one attached hydrogen (secondary N) is 1. The van der Waals surface area contributed by atoms with Gasteiger partial charge in [0.05, 0.1) is 11.8 Å². The number of amides is 1. The number of carboxylic acid groups (broad SMARTS) is 1. The Hall–Kier alpha value is -2.50. The van der Waals surface area contributed by atoms with E-state index in [2.05, 4.69) is 10.5 Å². The van der Waals surface area contributed by atoms with E-state index in [-0.39, 0.29) is 11.6 Å². The predicted octanol–water partition coefficient (Wildman–Crippen LogP) is 3.08. The lowest BCUT2D eigenvalue weighted by Gasteiger charge is -2.26. The van der Waals surface area contributed by atoms with Crippen molar-refractivity contribution >= 4 is 23.3 Å². The van der Waals surface area contributed by atoms with Crippen molar-refractivity contribution in [1.82, 2.24) is 0 Å². The number of carbonyl (C=O) groups excluding carboxylic acids is 1. The van der Waals surface area contributed by atoms with Crippen molar-refractivity contribution in [3.63, 3.8) is 0 Å². The van der Waals surface area contributed by atoms with Crippen molar-refractivity contribution in [3.8, 4) is 0 Å². The maximum absolute atomic E-state index is 12.3. The van der Waals surface area contributed by atoms with Crippen LogP contribution >= 0.6 is 0 Å². The summed E-state index contributed by atoms with van der Waals surface area (Å²) in [5.41, 5.74) is 1.81. The fraction of sp³-hybridized carbons (Fsp3) is 0.333. The molecule has 0 aliphatic heterocycles.